The minimum Gasteiger partial charge on any atom is -0.399 e. The first-order valence-electron chi connectivity index (χ1n) is 9.56. The first kappa shape index (κ1) is 19.5. The Kier molecular flexibility index (Phi) is 5.11. The van der Waals surface area contributed by atoms with Gasteiger partial charge >= 0.3 is 0 Å². The number of rotatable bonds is 4. The molecule has 0 atom stereocenters. The molecule has 2 aromatic heterocycles. The molecule has 2 heterocycles. The van der Waals surface area contributed by atoms with E-state index in [1.165, 1.54) is 16.5 Å². The number of hydrogen-bond donors (Lipinski definition) is 2. The summed E-state index contributed by atoms with van der Waals surface area (Å²) in [6.45, 7) is 0.711. The van der Waals surface area contributed by atoms with Crippen LogP contribution in [-0.2, 0) is 13.6 Å². The largest absolute Gasteiger partial charge is 0.399 e. The van der Waals surface area contributed by atoms with Crippen LogP contribution in [0.2, 0.25) is 0 Å². The number of nitrogens with one attached hydrogen (secondary N) is 1. The minimum absolute atomic E-state index is 0. The summed E-state index contributed by atoms with van der Waals surface area (Å²) >= 11 is 0. The average molecular weight is 396 g/mol. The molecule has 30 heavy (non-hydrogen) atoms. The Morgan fingerprint density at radius 2 is 1.73 bits per heavy atom. The summed E-state index contributed by atoms with van der Waals surface area (Å²) < 4.78 is 2.13. The van der Waals surface area contributed by atoms with Crippen LogP contribution >= 0.6 is 0 Å². The molecule has 0 fully saturated rings. The summed E-state index contributed by atoms with van der Waals surface area (Å²) in [6, 6.07) is 20.7. The number of nitrogens with two attached hydrogens (primary N) is 1. The number of aromatic nitrogens is 3. The molecule has 3 aromatic carbocycles. The minimum atomic E-state index is 0. The summed E-state index contributed by atoms with van der Waals surface area (Å²) in [6.07, 6.45) is 5.56. The number of fused-ring (bicyclic) bond motifs is 2. The molecular formula is C25H25N5. The molecule has 5 rings (SSSR count). The van der Waals surface area contributed by atoms with E-state index >= 15 is 0 Å². The van der Waals surface area contributed by atoms with E-state index in [9.17, 15) is 0 Å². The monoisotopic (exact) mass is 395 g/mol. The van der Waals surface area contributed by atoms with Crippen molar-refractivity contribution in [2.75, 3.05) is 11.1 Å². The Labute approximate surface area is 176 Å². The lowest BCUT2D eigenvalue weighted by Crippen LogP contribution is -2.01. The molecule has 0 aliphatic rings. The zero-order chi connectivity index (χ0) is 19.8. The predicted octanol–water partition coefficient (Wildman–Crippen LogP) is 5.62. The van der Waals surface area contributed by atoms with Crippen LogP contribution in [0.3, 0.4) is 0 Å². The molecule has 0 bridgehead atoms. The Bertz CT molecular complexity index is 1320. The van der Waals surface area contributed by atoms with Crippen molar-refractivity contribution in [1.29, 1.82) is 0 Å². The summed E-state index contributed by atoms with van der Waals surface area (Å²) in [5.41, 5.74) is 13.9. The smallest absolute Gasteiger partial charge is 0.0966 e. The maximum atomic E-state index is 5.79. The summed E-state index contributed by atoms with van der Waals surface area (Å²) in [4.78, 5) is 9.15. The van der Waals surface area contributed by atoms with Crippen molar-refractivity contribution in [3.63, 3.8) is 0 Å². The number of hydrogen-bond acceptors (Lipinski definition) is 4. The molecule has 3 N–H and O–H groups in total. The lowest BCUT2D eigenvalue weighted by molar-refractivity contribution is 0.969. The average Bonchev–Trinajstić information content (AvgIpc) is 3.13. The summed E-state index contributed by atoms with van der Waals surface area (Å²) in [5, 5.41) is 4.74. The Morgan fingerprint density at radius 1 is 0.933 bits per heavy atom. The highest BCUT2D eigenvalue weighted by atomic mass is 14.9. The maximum Gasteiger partial charge on any atom is 0.0966 e. The fraction of sp³-hybridized carbons (Fsp3) is 0.120. The lowest BCUT2D eigenvalue weighted by Gasteiger charge is -2.12. The van der Waals surface area contributed by atoms with E-state index in [-0.39, 0.29) is 7.43 Å². The first-order chi connectivity index (χ1) is 14.2. The molecule has 0 unspecified atom stereocenters. The fourth-order valence-electron chi connectivity index (χ4n) is 3.67. The van der Waals surface area contributed by atoms with Crippen molar-refractivity contribution < 1.29 is 0 Å². The van der Waals surface area contributed by atoms with E-state index in [0.29, 0.717) is 6.54 Å². The Hall–Kier alpha value is -3.86. The molecule has 5 aromatic rings. The topological polar surface area (TPSA) is 68.8 Å². The number of anilines is 2. The van der Waals surface area contributed by atoms with Crippen molar-refractivity contribution >= 4 is 33.3 Å². The number of aryl methyl sites for hydroxylation is 1. The highest BCUT2D eigenvalue weighted by Crippen LogP contribution is 2.32. The van der Waals surface area contributed by atoms with Crippen molar-refractivity contribution in [3.8, 4) is 11.1 Å². The molecule has 0 aliphatic heterocycles. The van der Waals surface area contributed by atoms with Gasteiger partial charge in [-0.15, -0.1) is 0 Å². The Morgan fingerprint density at radius 3 is 2.57 bits per heavy atom. The van der Waals surface area contributed by atoms with Gasteiger partial charge in [-0.1, -0.05) is 31.7 Å². The van der Waals surface area contributed by atoms with Crippen molar-refractivity contribution in [1.82, 2.24) is 14.5 Å². The molecule has 150 valence electrons. The maximum absolute atomic E-state index is 5.79. The summed E-state index contributed by atoms with van der Waals surface area (Å²) in [5.74, 6) is 0. The van der Waals surface area contributed by atoms with E-state index in [2.05, 4.69) is 63.4 Å². The van der Waals surface area contributed by atoms with Gasteiger partial charge in [-0.2, -0.15) is 0 Å². The standard InChI is InChI=1S/C24H21N5.CH4/c1-29-11-8-17-4-5-18(12-23(17)29)21-13-20(14-22-24(21)27-10-9-26-22)28-15-16-2-6-19(25)7-3-16;/h2-14,28H,15,25H2,1H3;1H4. The zero-order valence-corrected chi connectivity index (χ0v) is 16.1. The van der Waals surface area contributed by atoms with E-state index < -0.39 is 0 Å². The molecule has 0 saturated heterocycles. The first-order valence-corrected chi connectivity index (χ1v) is 9.56. The third kappa shape index (κ3) is 3.57. The van der Waals surface area contributed by atoms with Gasteiger partial charge in [0.05, 0.1) is 11.0 Å². The zero-order valence-electron chi connectivity index (χ0n) is 16.1. The van der Waals surface area contributed by atoms with Crippen molar-refractivity contribution in [3.05, 3.63) is 84.8 Å². The van der Waals surface area contributed by atoms with Crippen LogP contribution in [-0.4, -0.2) is 14.5 Å². The van der Waals surface area contributed by atoms with E-state index in [1.807, 2.05) is 30.3 Å². The Balaban J connectivity index is 0.00000218. The van der Waals surface area contributed by atoms with Crippen LogP contribution < -0.4 is 11.1 Å². The van der Waals surface area contributed by atoms with Crippen molar-refractivity contribution in [2.24, 2.45) is 7.05 Å². The van der Waals surface area contributed by atoms with Gasteiger partial charge in [-0.05, 0) is 52.9 Å². The highest BCUT2D eigenvalue weighted by molar-refractivity contribution is 5.97. The normalized spacial score (nSPS) is 10.8. The molecule has 0 aliphatic carbocycles. The number of benzene rings is 3. The van der Waals surface area contributed by atoms with E-state index in [0.717, 1.165) is 33.5 Å². The SMILES string of the molecule is C.Cn1ccc2ccc(-c3cc(NCc4ccc(N)cc4)cc4nccnc34)cc21. The van der Waals surface area contributed by atoms with Gasteiger partial charge in [0.1, 0.15) is 0 Å². The number of nitrogen functional groups attached to an aromatic ring is 1. The number of nitrogens with zero attached hydrogens (tertiary/aromatic N) is 3. The highest BCUT2D eigenvalue weighted by Gasteiger charge is 2.10. The van der Waals surface area contributed by atoms with Crippen LogP contribution in [0.15, 0.2) is 79.3 Å². The predicted molar refractivity (Wildman–Crippen MR) is 126 cm³/mol. The molecule has 0 radical (unpaired) electrons. The quantitative estimate of drug-likeness (QED) is 0.388. The van der Waals surface area contributed by atoms with Gasteiger partial charge in [0, 0.05) is 54.6 Å². The van der Waals surface area contributed by atoms with Gasteiger partial charge in [-0.25, -0.2) is 0 Å². The molecule has 0 saturated carbocycles. The molecule has 5 nitrogen and oxygen atoms in total. The second-order valence-corrected chi connectivity index (χ2v) is 7.24. The second-order valence-electron chi connectivity index (χ2n) is 7.24. The fourth-order valence-corrected chi connectivity index (χ4v) is 3.67. The molecular weight excluding hydrogens is 370 g/mol. The molecule has 0 amide bonds. The van der Waals surface area contributed by atoms with Gasteiger partial charge in [0.15, 0.2) is 0 Å². The van der Waals surface area contributed by atoms with Crippen LogP contribution in [0.5, 0.6) is 0 Å². The van der Waals surface area contributed by atoms with Crippen molar-refractivity contribution in [2.45, 2.75) is 14.0 Å². The lowest BCUT2D eigenvalue weighted by atomic mass is 10.0. The van der Waals surface area contributed by atoms with Gasteiger partial charge in [0.2, 0.25) is 0 Å². The van der Waals surface area contributed by atoms with Crippen LogP contribution in [0.4, 0.5) is 11.4 Å². The van der Waals surface area contributed by atoms with Crippen LogP contribution in [0.25, 0.3) is 33.1 Å². The third-order valence-electron chi connectivity index (χ3n) is 5.25. The second kappa shape index (κ2) is 7.87. The van der Waals surface area contributed by atoms with E-state index in [1.54, 1.807) is 12.4 Å². The van der Waals surface area contributed by atoms with Gasteiger partial charge in [0.25, 0.3) is 0 Å². The van der Waals surface area contributed by atoms with Gasteiger partial charge < -0.3 is 15.6 Å². The van der Waals surface area contributed by atoms with Crippen LogP contribution in [0, 0.1) is 0 Å². The van der Waals surface area contributed by atoms with Gasteiger partial charge in [-0.3, -0.25) is 9.97 Å². The van der Waals surface area contributed by atoms with Crippen LogP contribution in [0.1, 0.15) is 13.0 Å². The molecule has 0 spiro atoms. The third-order valence-corrected chi connectivity index (χ3v) is 5.25. The molecule has 5 heteroatoms. The van der Waals surface area contributed by atoms with E-state index in [4.69, 9.17) is 5.73 Å². The summed E-state index contributed by atoms with van der Waals surface area (Å²) in [7, 11) is 2.06.